The van der Waals surface area contributed by atoms with Crippen molar-refractivity contribution < 1.29 is 22.3 Å². The number of rotatable bonds is 9. The van der Waals surface area contributed by atoms with E-state index in [0.29, 0.717) is 18.7 Å². The van der Waals surface area contributed by atoms with Crippen LogP contribution < -0.4 is 14.8 Å². The van der Waals surface area contributed by atoms with Gasteiger partial charge in [0.15, 0.2) is 6.61 Å². The minimum Gasteiger partial charge on any atom is -0.484 e. The van der Waals surface area contributed by atoms with E-state index in [4.69, 9.17) is 4.74 Å². The Hall–Kier alpha value is -2.45. The lowest BCUT2D eigenvalue weighted by atomic mass is 10.2. The van der Waals surface area contributed by atoms with Crippen molar-refractivity contribution in [3.05, 3.63) is 59.9 Å². The SMILES string of the molecule is CCCNS(=O)(=O)c1ccc(OCC(=O)NCc2ccc(F)cc2)cc1. The molecular formula is C18H21FN2O4S. The van der Waals surface area contributed by atoms with Gasteiger partial charge in [0, 0.05) is 13.1 Å². The van der Waals surface area contributed by atoms with Crippen LogP contribution in [0.15, 0.2) is 53.4 Å². The van der Waals surface area contributed by atoms with Gasteiger partial charge >= 0.3 is 0 Å². The average molecular weight is 380 g/mol. The van der Waals surface area contributed by atoms with Gasteiger partial charge in [-0.1, -0.05) is 19.1 Å². The van der Waals surface area contributed by atoms with E-state index in [1.165, 1.54) is 36.4 Å². The number of carbonyl (C=O) groups is 1. The van der Waals surface area contributed by atoms with Gasteiger partial charge in [0.2, 0.25) is 10.0 Å². The summed E-state index contributed by atoms with van der Waals surface area (Å²) in [6, 6.07) is 11.6. The van der Waals surface area contributed by atoms with E-state index < -0.39 is 10.0 Å². The van der Waals surface area contributed by atoms with Crippen LogP contribution >= 0.6 is 0 Å². The Kier molecular flexibility index (Phi) is 7.11. The fourth-order valence-corrected chi connectivity index (χ4v) is 3.17. The Morgan fingerprint density at radius 2 is 1.73 bits per heavy atom. The first-order valence-corrected chi connectivity index (χ1v) is 9.62. The van der Waals surface area contributed by atoms with Crippen molar-refractivity contribution in [2.75, 3.05) is 13.2 Å². The predicted molar refractivity (Wildman–Crippen MR) is 95.7 cm³/mol. The van der Waals surface area contributed by atoms with Crippen molar-refractivity contribution in [1.29, 1.82) is 0 Å². The number of carbonyl (C=O) groups excluding carboxylic acids is 1. The molecule has 0 aliphatic rings. The van der Waals surface area contributed by atoms with Gasteiger partial charge in [0.05, 0.1) is 4.90 Å². The highest BCUT2D eigenvalue weighted by molar-refractivity contribution is 7.89. The van der Waals surface area contributed by atoms with Crippen molar-refractivity contribution in [2.24, 2.45) is 0 Å². The highest BCUT2D eigenvalue weighted by atomic mass is 32.2. The lowest BCUT2D eigenvalue weighted by Gasteiger charge is -2.09. The molecule has 0 bridgehead atoms. The first-order valence-electron chi connectivity index (χ1n) is 8.14. The Morgan fingerprint density at radius 3 is 2.35 bits per heavy atom. The molecule has 0 aromatic heterocycles. The molecule has 1 amide bonds. The van der Waals surface area contributed by atoms with Gasteiger partial charge in [-0.2, -0.15) is 0 Å². The van der Waals surface area contributed by atoms with Crippen LogP contribution in [0.2, 0.25) is 0 Å². The zero-order chi connectivity index (χ0) is 19.0. The second-order valence-corrected chi connectivity index (χ2v) is 7.33. The molecule has 6 nitrogen and oxygen atoms in total. The first kappa shape index (κ1) is 19.9. The first-order chi connectivity index (χ1) is 12.4. The van der Waals surface area contributed by atoms with Crippen molar-refractivity contribution in [3.8, 4) is 5.75 Å². The molecule has 2 N–H and O–H groups in total. The van der Waals surface area contributed by atoms with Crippen molar-refractivity contribution >= 4 is 15.9 Å². The van der Waals surface area contributed by atoms with Gasteiger partial charge < -0.3 is 10.1 Å². The van der Waals surface area contributed by atoms with Crippen LogP contribution in [-0.2, 0) is 21.4 Å². The molecule has 0 atom stereocenters. The van der Waals surface area contributed by atoms with Crippen LogP contribution in [0.5, 0.6) is 5.75 Å². The molecule has 0 aliphatic heterocycles. The maximum Gasteiger partial charge on any atom is 0.258 e. The van der Waals surface area contributed by atoms with Crippen molar-refractivity contribution in [1.82, 2.24) is 10.0 Å². The molecule has 0 fully saturated rings. The largest absolute Gasteiger partial charge is 0.484 e. The van der Waals surface area contributed by atoms with Crippen LogP contribution in [0.25, 0.3) is 0 Å². The zero-order valence-corrected chi connectivity index (χ0v) is 15.2. The van der Waals surface area contributed by atoms with Crippen molar-refractivity contribution in [2.45, 2.75) is 24.8 Å². The summed E-state index contributed by atoms with van der Waals surface area (Å²) < 4.78 is 44.6. The Labute approximate surface area is 152 Å². The monoisotopic (exact) mass is 380 g/mol. The summed E-state index contributed by atoms with van der Waals surface area (Å²) in [6.07, 6.45) is 0.702. The summed E-state index contributed by atoms with van der Waals surface area (Å²) in [6.45, 7) is 2.31. The third kappa shape index (κ3) is 6.12. The Balaban J connectivity index is 1.81. The minimum absolute atomic E-state index is 0.138. The van der Waals surface area contributed by atoms with Gasteiger partial charge in [-0.3, -0.25) is 4.79 Å². The smallest absolute Gasteiger partial charge is 0.258 e. The number of benzene rings is 2. The third-order valence-corrected chi connectivity index (χ3v) is 4.93. The van der Waals surface area contributed by atoms with Crippen LogP contribution in [0.1, 0.15) is 18.9 Å². The van der Waals surface area contributed by atoms with Gasteiger partial charge in [-0.15, -0.1) is 0 Å². The lowest BCUT2D eigenvalue weighted by Crippen LogP contribution is -2.28. The second-order valence-electron chi connectivity index (χ2n) is 5.56. The van der Waals surface area contributed by atoms with E-state index in [0.717, 1.165) is 5.56 Å². The maximum absolute atomic E-state index is 12.8. The topological polar surface area (TPSA) is 84.5 Å². The van der Waals surface area contributed by atoms with Gasteiger partial charge in [0.25, 0.3) is 5.91 Å². The van der Waals surface area contributed by atoms with E-state index in [1.807, 2.05) is 6.92 Å². The summed E-state index contributed by atoms with van der Waals surface area (Å²) in [4.78, 5) is 11.9. The lowest BCUT2D eigenvalue weighted by molar-refractivity contribution is -0.123. The fourth-order valence-electron chi connectivity index (χ4n) is 2.04. The van der Waals surface area contributed by atoms with E-state index in [-0.39, 0.29) is 29.8 Å². The maximum atomic E-state index is 12.8. The molecular weight excluding hydrogens is 359 g/mol. The number of sulfonamides is 1. The molecule has 0 saturated heterocycles. The normalized spacial score (nSPS) is 11.2. The summed E-state index contributed by atoms with van der Waals surface area (Å²) in [5.74, 6) is -0.286. The standard InChI is InChI=1S/C18H21FN2O4S/c1-2-11-21-26(23,24)17-9-7-16(8-10-17)25-13-18(22)20-12-14-3-5-15(19)6-4-14/h3-10,21H,2,11-13H2,1H3,(H,20,22). The molecule has 0 heterocycles. The van der Waals surface area contributed by atoms with Gasteiger partial charge in [-0.05, 0) is 48.4 Å². The molecule has 140 valence electrons. The molecule has 2 aromatic rings. The van der Waals surface area contributed by atoms with E-state index in [1.54, 1.807) is 12.1 Å². The summed E-state index contributed by atoms with van der Waals surface area (Å²) in [7, 11) is -3.52. The quantitative estimate of drug-likeness (QED) is 0.699. The summed E-state index contributed by atoms with van der Waals surface area (Å²) in [5, 5.41) is 2.66. The molecule has 0 spiro atoms. The molecule has 0 saturated carbocycles. The number of ether oxygens (including phenoxy) is 1. The Morgan fingerprint density at radius 1 is 1.08 bits per heavy atom. The van der Waals surface area contributed by atoms with Crippen molar-refractivity contribution in [3.63, 3.8) is 0 Å². The van der Waals surface area contributed by atoms with Gasteiger partial charge in [-0.25, -0.2) is 17.5 Å². The highest BCUT2D eigenvalue weighted by Gasteiger charge is 2.13. The number of halogens is 1. The highest BCUT2D eigenvalue weighted by Crippen LogP contribution is 2.15. The summed E-state index contributed by atoms with van der Waals surface area (Å²) in [5.41, 5.74) is 0.772. The molecule has 26 heavy (non-hydrogen) atoms. The number of amides is 1. The predicted octanol–water partition coefficient (Wildman–Crippen LogP) is 2.21. The number of hydrogen-bond acceptors (Lipinski definition) is 4. The number of hydrogen-bond donors (Lipinski definition) is 2. The summed E-state index contributed by atoms with van der Waals surface area (Å²) >= 11 is 0. The zero-order valence-electron chi connectivity index (χ0n) is 14.4. The molecule has 0 unspecified atom stereocenters. The molecule has 2 aromatic carbocycles. The molecule has 8 heteroatoms. The van der Waals surface area contributed by atoms with Crippen LogP contribution in [0.3, 0.4) is 0 Å². The second kappa shape index (κ2) is 9.30. The van der Waals surface area contributed by atoms with E-state index >= 15 is 0 Å². The Bertz CT molecular complexity index is 821. The minimum atomic E-state index is -3.52. The van der Waals surface area contributed by atoms with Crippen LogP contribution in [-0.4, -0.2) is 27.5 Å². The van der Waals surface area contributed by atoms with E-state index in [9.17, 15) is 17.6 Å². The molecule has 2 rings (SSSR count). The fraction of sp³-hybridized carbons (Fsp3) is 0.278. The van der Waals surface area contributed by atoms with Gasteiger partial charge in [0.1, 0.15) is 11.6 Å². The van der Waals surface area contributed by atoms with Crippen LogP contribution in [0, 0.1) is 5.82 Å². The van der Waals surface area contributed by atoms with E-state index in [2.05, 4.69) is 10.0 Å². The average Bonchev–Trinajstić information content (AvgIpc) is 2.64. The molecule has 0 radical (unpaired) electrons. The van der Waals surface area contributed by atoms with Crippen LogP contribution in [0.4, 0.5) is 4.39 Å². The molecule has 0 aliphatic carbocycles. The third-order valence-electron chi connectivity index (χ3n) is 3.45. The number of nitrogens with one attached hydrogen (secondary N) is 2.